The van der Waals surface area contributed by atoms with Crippen LogP contribution in [0.5, 0.6) is 0 Å². The van der Waals surface area contributed by atoms with Crippen LogP contribution in [0.25, 0.3) is 0 Å². The van der Waals surface area contributed by atoms with Crippen LogP contribution in [0.4, 0.5) is 0 Å². The second kappa shape index (κ2) is 9.84. The van der Waals surface area contributed by atoms with Gasteiger partial charge in [-0.15, -0.1) is 0 Å². The van der Waals surface area contributed by atoms with E-state index in [0.717, 1.165) is 25.7 Å². The number of aromatic nitrogens is 2. The Labute approximate surface area is 193 Å². The fourth-order valence-corrected chi connectivity index (χ4v) is 4.91. The number of carbonyl (C=O) groups is 4. The van der Waals surface area contributed by atoms with Gasteiger partial charge in [-0.1, -0.05) is 33.6 Å². The average Bonchev–Trinajstić information content (AvgIpc) is 3.24. The lowest BCUT2D eigenvalue weighted by Crippen LogP contribution is -2.63. The smallest absolute Gasteiger partial charge is 0.326 e. The Kier molecular flexibility index (Phi) is 7.34. The van der Waals surface area contributed by atoms with Crippen molar-refractivity contribution in [2.75, 3.05) is 6.54 Å². The van der Waals surface area contributed by atoms with Crippen LogP contribution < -0.4 is 10.6 Å². The molecule has 3 unspecified atom stereocenters. The van der Waals surface area contributed by atoms with Crippen molar-refractivity contribution in [2.24, 2.45) is 17.3 Å². The molecule has 1 saturated heterocycles. The van der Waals surface area contributed by atoms with Gasteiger partial charge in [-0.2, -0.15) is 0 Å². The van der Waals surface area contributed by atoms with Crippen molar-refractivity contribution in [2.45, 2.75) is 71.5 Å². The molecule has 10 nitrogen and oxygen atoms in total. The van der Waals surface area contributed by atoms with E-state index in [1.165, 1.54) is 30.4 Å². The summed E-state index contributed by atoms with van der Waals surface area (Å²) in [5.74, 6) is -2.22. The van der Waals surface area contributed by atoms with Gasteiger partial charge in [-0.3, -0.25) is 19.4 Å². The predicted molar refractivity (Wildman–Crippen MR) is 119 cm³/mol. The van der Waals surface area contributed by atoms with Crippen molar-refractivity contribution in [3.8, 4) is 0 Å². The molecule has 33 heavy (non-hydrogen) atoms. The van der Waals surface area contributed by atoms with E-state index in [1.54, 1.807) is 0 Å². The van der Waals surface area contributed by atoms with Gasteiger partial charge in [0.25, 0.3) is 5.91 Å². The SMILES string of the molecule is C[C@H](NC(=O)c1cnccn1)C(=O)NC(C(=O)N1CCC2CCCC2[C@H]1C(=O)O)C(C)(C)C. The Morgan fingerprint density at radius 1 is 1.12 bits per heavy atom. The van der Waals surface area contributed by atoms with E-state index in [2.05, 4.69) is 20.6 Å². The largest absolute Gasteiger partial charge is 0.480 e. The Balaban J connectivity index is 1.73. The molecule has 10 heteroatoms. The fraction of sp³-hybridized carbons (Fsp3) is 0.652. The number of rotatable bonds is 6. The highest BCUT2D eigenvalue weighted by atomic mass is 16.4. The second-order valence-electron chi connectivity index (χ2n) is 10.1. The number of piperidine rings is 1. The summed E-state index contributed by atoms with van der Waals surface area (Å²) in [6, 6.07) is -2.76. The molecule has 1 aliphatic heterocycles. The van der Waals surface area contributed by atoms with Crippen molar-refractivity contribution in [1.82, 2.24) is 25.5 Å². The maximum absolute atomic E-state index is 13.6. The van der Waals surface area contributed by atoms with Crippen LogP contribution in [0.3, 0.4) is 0 Å². The molecule has 1 aliphatic carbocycles. The summed E-state index contributed by atoms with van der Waals surface area (Å²) < 4.78 is 0. The molecule has 5 atom stereocenters. The molecule has 0 radical (unpaired) electrons. The van der Waals surface area contributed by atoms with Crippen LogP contribution in [-0.2, 0) is 14.4 Å². The van der Waals surface area contributed by atoms with Gasteiger partial charge in [0.2, 0.25) is 11.8 Å². The Bertz CT molecular complexity index is 900. The fourth-order valence-electron chi connectivity index (χ4n) is 4.91. The van der Waals surface area contributed by atoms with Crippen LogP contribution >= 0.6 is 0 Å². The second-order valence-corrected chi connectivity index (χ2v) is 10.1. The summed E-state index contributed by atoms with van der Waals surface area (Å²) in [5.41, 5.74) is -0.596. The number of hydrogen-bond acceptors (Lipinski definition) is 6. The van der Waals surface area contributed by atoms with E-state index in [0.29, 0.717) is 12.5 Å². The summed E-state index contributed by atoms with van der Waals surface area (Å²) in [5, 5.41) is 15.2. The van der Waals surface area contributed by atoms with Crippen LogP contribution in [0.15, 0.2) is 18.6 Å². The number of carbonyl (C=O) groups excluding carboxylic acids is 3. The van der Waals surface area contributed by atoms with Gasteiger partial charge in [0.15, 0.2) is 0 Å². The number of amides is 3. The van der Waals surface area contributed by atoms with Gasteiger partial charge < -0.3 is 20.6 Å². The van der Waals surface area contributed by atoms with Crippen molar-refractivity contribution in [3.05, 3.63) is 24.3 Å². The van der Waals surface area contributed by atoms with Crippen LogP contribution in [0.1, 0.15) is 63.9 Å². The molecule has 3 rings (SSSR count). The monoisotopic (exact) mass is 459 g/mol. The number of nitrogens with zero attached hydrogens (tertiary/aromatic N) is 3. The highest BCUT2D eigenvalue weighted by molar-refractivity contribution is 5.97. The molecule has 3 N–H and O–H groups in total. The number of likely N-dealkylation sites (tertiary alicyclic amines) is 1. The number of aliphatic carboxylic acids is 1. The number of carboxylic acid groups (broad SMARTS) is 1. The average molecular weight is 460 g/mol. The lowest BCUT2D eigenvalue weighted by atomic mass is 9.80. The van der Waals surface area contributed by atoms with E-state index in [9.17, 15) is 24.3 Å². The number of fused-ring (bicyclic) bond motifs is 1. The Hall–Kier alpha value is -3.04. The minimum absolute atomic E-state index is 0.0540. The summed E-state index contributed by atoms with van der Waals surface area (Å²) in [6.07, 6.45) is 7.65. The lowest BCUT2D eigenvalue weighted by Gasteiger charge is -2.44. The van der Waals surface area contributed by atoms with Gasteiger partial charge >= 0.3 is 5.97 Å². The van der Waals surface area contributed by atoms with Crippen molar-refractivity contribution >= 4 is 23.7 Å². The topological polar surface area (TPSA) is 142 Å². The van der Waals surface area contributed by atoms with E-state index in [4.69, 9.17) is 0 Å². The third-order valence-electron chi connectivity index (χ3n) is 6.67. The molecule has 0 spiro atoms. The molecule has 1 aromatic rings. The van der Waals surface area contributed by atoms with Gasteiger partial charge in [0.05, 0.1) is 6.20 Å². The van der Waals surface area contributed by atoms with E-state index < -0.39 is 47.2 Å². The van der Waals surface area contributed by atoms with E-state index in [-0.39, 0.29) is 11.6 Å². The van der Waals surface area contributed by atoms with Crippen LogP contribution in [0.2, 0.25) is 0 Å². The molecule has 2 aliphatic rings. The highest BCUT2D eigenvalue weighted by Crippen LogP contribution is 2.42. The zero-order valence-corrected chi connectivity index (χ0v) is 19.6. The molecule has 0 aromatic carbocycles. The van der Waals surface area contributed by atoms with Crippen molar-refractivity contribution < 1.29 is 24.3 Å². The molecular weight excluding hydrogens is 426 g/mol. The van der Waals surface area contributed by atoms with Crippen molar-refractivity contribution in [1.29, 1.82) is 0 Å². The minimum atomic E-state index is -0.997. The summed E-state index contributed by atoms with van der Waals surface area (Å²) in [4.78, 5) is 60.1. The molecule has 0 bridgehead atoms. The van der Waals surface area contributed by atoms with Gasteiger partial charge in [-0.25, -0.2) is 9.78 Å². The summed E-state index contributed by atoms with van der Waals surface area (Å²) >= 11 is 0. The summed E-state index contributed by atoms with van der Waals surface area (Å²) in [6.45, 7) is 7.32. The Morgan fingerprint density at radius 2 is 1.85 bits per heavy atom. The first-order chi connectivity index (χ1) is 15.5. The van der Waals surface area contributed by atoms with Crippen molar-refractivity contribution in [3.63, 3.8) is 0 Å². The first-order valence-electron chi connectivity index (χ1n) is 11.4. The van der Waals surface area contributed by atoms with E-state index in [1.807, 2.05) is 20.8 Å². The summed E-state index contributed by atoms with van der Waals surface area (Å²) in [7, 11) is 0. The minimum Gasteiger partial charge on any atom is -0.480 e. The zero-order chi connectivity index (χ0) is 24.3. The van der Waals surface area contributed by atoms with Crippen LogP contribution in [0, 0.1) is 17.3 Å². The van der Waals surface area contributed by atoms with Gasteiger partial charge in [-0.05, 0) is 37.0 Å². The number of carboxylic acids is 1. The van der Waals surface area contributed by atoms with E-state index >= 15 is 0 Å². The third-order valence-corrected chi connectivity index (χ3v) is 6.67. The van der Waals surface area contributed by atoms with Crippen LogP contribution in [-0.4, -0.2) is 68.3 Å². The first-order valence-corrected chi connectivity index (χ1v) is 11.4. The lowest BCUT2D eigenvalue weighted by molar-refractivity contribution is -0.159. The highest BCUT2D eigenvalue weighted by Gasteiger charge is 2.48. The third kappa shape index (κ3) is 5.48. The molecule has 1 saturated carbocycles. The molecular formula is C23H33N5O5. The molecule has 1 aromatic heterocycles. The first kappa shape index (κ1) is 24.6. The van der Waals surface area contributed by atoms with Gasteiger partial charge in [0, 0.05) is 18.9 Å². The molecule has 2 heterocycles. The zero-order valence-electron chi connectivity index (χ0n) is 19.6. The Morgan fingerprint density at radius 3 is 2.45 bits per heavy atom. The molecule has 180 valence electrons. The van der Waals surface area contributed by atoms with Gasteiger partial charge in [0.1, 0.15) is 23.8 Å². The number of nitrogens with one attached hydrogen (secondary N) is 2. The number of hydrogen-bond donors (Lipinski definition) is 3. The normalized spacial score (nSPS) is 24.4. The standard InChI is InChI=1S/C23H33N5O5/c1-13(26-20(30)16-12-24-9-10-25-16)19(29)27-18(23(2,3)4)21(31)28-11-8-14-6-5-7-15(14)17(28)22(32)33/h9-10,12-15,17-18H,5-8,11H2,1-4H3,(H,26,30)(H,27,29)(H,32,33)/t13-,14?,15?,17-,18?/m0/s1. The molecule has 3 amide bonds. The predicted octanol–water partition coefficient (Wildman–Crippen LogP) is 1.23. The maximum Gasteiger partial charge on any atom is 0.326 e. The molecule has 2 fully saturated rings. The maximum atomic E-state index is 13.6. The quantitative estimate of drug-likeness (QED) is 0.581.